The Balaban J connectivity index is 2.26. The van der Waals surface area contributed by atoms with E-state index in [1.807, 2.05) is 0 Å². The molecule has 2 rings (SSSR count). The molecule has 0 radical (unpaired) electrons. The number of aliphatic hydroxyl groups excluding tert-OH is 1. The Morgan fingerprint density at radius 3 is 2.60 bits per heavy atom. The van der Waals surface area contributed by atoms with Gasteiger partial charge in [0.05, 0.1) is 12.2 Å². The molecule has 11 heteroatoms. The second kappa shape index (κ2) is 9.74. The minimum Gasteiger partial charge on any atom is -0.406 e. The van der Waals surface area contributed by atoms with Crippen molar-refractivity contribution in [3.05, 3.63) is 53.7 Å². The molecular weight excluding hydrogens is 403 g/mol. The van der Waals surface area contributed by atoms with E-state index in [0.717, 1.165) is 18.3 Å². The lowest BCUT2D eigenvalue weighted by Crippen LogP contribution is -2.24. The van der Waals surface area contributed by atoms with Crippen LogP contribution in [0.5, 0.6) is 5.75 Å². The molecule has 0 bridgehead atoms. The highest BCUT2D eigenvalue weighted by atomic mass is 19.4. The maximum absolute atomic E-state index is 12.5. The molecule has 0 saturated carbocycles. The first-order valence-electron chi connectivity index (χ1n) is 8.60. The Bertz CT molecular complexity index is 930. The van der Waals surface area contributed by atoms with Gasteiger partial charge in [-0.2, -0.15) is 0 Å². The number of carbonyl (C=O) groups excluding carboxylic acids is 1. The van der Waals surface area contributed by atoms with Crippen molar-refractivity contribution in [3.8, 4) is 5.75 Å². The fourth-order valence-electron chi connectivity index (χ4n) is 2.48. The number of hydrogen-bond donors (Lipinski definition) is 4. The average molecular weight is 423 g/mol. The first kappa shape index (κ1) is 22.7. The van der Waals surface area contributed by atoms with Crippen molar-refractivity contribution in [2.24, 2.45) is 5.73 Å². The lowest BCUT2D eigenvalue weighted by atomic mass is 10.1. The number of amides is 1. The van der Waals surface area contributed by atoms with Gasteiger partial charge in [0.25, 0.3) is 5.91 Å². The molecule has 0 aliphatic heterocycles. The number of carbonyl (C=O) groups is 1. The Kier molecular flexibility index (Phi) is 7.37. The van der Waals surface area contributed by atoms with E-state index in [9.17, 15) is 18.0 Å². The number of nitrogens with one attached hydrogen (secondary N) is 2. The van der Waals surface area contributed by atoms with Crippen LogP contribution in [0, 0.1) is 5.41 Å². The number of nitrogens with zero attached hydrogens (tertiary/aromatic N) is 2. The van der Waals surface area contributed by atoms with Crippen LogP contribution in [0.3, 0.4) is 0 Å². The molecule has 0 atom stereocenters. The van der Waals surface area contributed by atoms with E-state index in [0.29, 0.717) is 11.4 Å². The van der Waals surface area contributed by atoms with Gasteiger partial charge in [-0.15, -0.1) is 13.2 Å². The molecule has 30 heavy (non-hydrogen) atoms. The van der Waals surface area contributed by atoms with Crippen molar-refractivity contribution >= 4 is 29.3 Å². The zero-order chi connectivity index (χ0) is 22.3. The van der Waals surface area contributed by atoms with Gasteiger partial charge in [0.15, 0.2) is 0 Å². The van der Waals surface area contributed by atoms with Crippen LogP contribution in [0.15, 0.2) is 42.6 Å². The standard InChI is InChI=1S/C19H20F3N5O3/c1-27(8-9-28)17-15(16(24)6-7-23)10-12(11-25-17)18(29)26-13-2-4-14(5-3-13)30-19(20,21)22/h2-7,10-11,23,28H,8-9,24H2,1H3,(H,26,29)/b16-6-,23-7?. The number of aromatic nitrogens is 1. The van der Waals surface area contributed by atoms with Gasteiger partial charge in [0.1, 0.15) is 11.6 Å². The van der Waals surface area contributed by atoms with Crippen molar-refractivity contribution in [2.75, 3.05) is 30.4 Å². The van der Waals surface area contributed by atoms with Crippen LogP contribution in [0.2, 0.25) is 0 Å². The number of anilines is 2. The zero-order valence-corrected chi connectivity index (χ0v) is 15.9. The van der Waals surface area contributed by atoms with Crippen LogP contribution >= 0.6 is 0 Å². The average Bonchev–Trinajstić information content (AvgIpc) is 2.68. The van der Waals surface area contributed by atoms with E-state index in [4.69, 9.17) is 16.2 Å². The molecule has 0 unspecified atom stereocenters. The first-order valence-corrected chi connectivity index (χ1v) is 8.60. The molecule has 1 amide bonds. The molecule has 0 aliphatic carbocycles. The number of nitrogens with two attached hydrogens (primary N) is 1. The number of likely N-dealkylation sites (N-methyl/N-ethyl adjacent to an activating group) is 1. The number of allylic oxidation sites excluding steroid dienone is 1. The van der Waals surface area contributed by atoms with Crippen LogP contribution < -0.4 is 20.7 Å². The van der Waals surface area contributed by atoms with E-state index in [1.165, 1.54) is 30.5 Å². The number of benzene rings is 1. The second-order valence-corrected chi connectivity index (χ2v) is 6.06. The summed E-state index contributed by atoms with van der Waals surface area (Å²) in [7, 11) is 1.68. The maximum Gasteiger partial charge on any atom is 0.573 e. The van der Waals surface area contributed by atoms with Gasteiger partial charge in [-0.25, -0.2) is 4.98 Å². The van der Waals surface area contributed by atoms with E-state index in [-0.39, 0.29) is 30.1 Å². The van der Waals surface area contributed by atoms with E-state index < -0.39 is 18.0 Å². The first-order chi connectivity index (χ1) is 14.1. The smallest absolute Gasteiger partial charge is 0.406 e. The third-order valence-electron chi connectivity index (χ3n) is 3.85. The molecule has 0 spiro atoms. The fourth-order valence-corrected chi connectivity index (χ4v) is 2.48. The molecule has 5 N–H and O–H groups in total. The number of halogens is 3. The predicted octanol–water partition coefficient (Wildman–Crippen LogP) is 2.61. The van der Waals surface area contributed by atoms with Gasteiger partial charge in [0, 0.05) is 43.0 Å². The topological polar surface area (TPSA) is 125 Å². The minimum atomic E-state index is -4.80. The number of rotatable bonds is 8. The number of aliphatic hydroxyl groups is 1. The highest BCUT2D eigenvalue weighted by molar-refractivity contribution is 6.05. The van der Waals surface area contributed by atoms with E-state index >= 15 is 0 Å². The molecule has 0 fully saturated rings. The Labute approximate surface area is 170 Å². The molecule has 0 aliphatic rings. The summed E-state index contributed by atoms with van der Waals surface area (Å²) in [6, 6.07) is 6.15. The quantitative estimate of drug-likeness (QED) is 0.484. The molecule has 160 valence electrons. The summed E-state index contributed by atoms with van der Waals surface area (Å²) in [6.07, 6.45) is -1.18. The largest absolute Gasteiger partial charge is 0.573 e. The van der Waals surface area contributed by atoms with Crippen molar-refractivity contribution in [1.29, 1.82) is 5.41 Å². The highest BCUT2D eigenvalue weighted by Crippen LogP contribution is 2.25. The summed E-state index contributed by atoms with van der Waals surface area (Å²) in [6.45, 7) is 0.151. The summed E-state index contributed by atoms with van der Waals surface area (Å²) in [5.41, 5.74) is 6.94. The summed E-state index contributed by atoms with van der Waals surface area (Å²) < 4.78 is 40.5. The van der Waals surface area contributed by atoms with Crippen LogP contribution in [0.4, 0.5) is 24.7 Å². The number of alkyl halides is 3. The number of ether oxygens (including phenoxy) is 1. The van der Waals surface area contributed by atoms with E-state index in [2.05, 4.69) is 15.0 Å². The van der Waals surface area contributed by atoms with Crippen LogP contribution in [0.25, 0.3) is 5.70 Å². The minimum absolute atomic E-state index is 0.123. The normalized spacial score (nSPS) is 11.7. The van der Waals surface area contributed by atoms with Crippen molar-refractivity contribution < 1.29 is 27.8 Å². The second-order valence-electron chi connectivity index (χ2n) is 6.06. The molecule has 8 nitrogen and oxygen atoms in total. The van der Waals surface area contributed by atoms with Gasteiger partial charge >= 0.3 is 6.36 Å². The third kappa shape index (κ3) is 6.21. The summed E-state index contributed by atoms with van der Waals surface area (Å²) >= 11 is 0. The molecular formula is C19H20F3N5O3. The van der Waals surface area contributed by atoms with Gasteiger partial charge in [-0.3, -0.25) is 4.79 Å². The lowest BCUT2D eigenvalue weighted by Gasteiger charge is -2.21. The van der Waals surface area contributed by atoms with Crippen LogP contribution in [0.1, 0.15) is 15.9 Å². The van der Waals surface area contributed by atoms with Gasteiger partial charge in [-0.05, 0) is 36.4 Å². The number of hydrogen-bond acceptors (Lipinski definition) is 7. The Morgan fingerprint density at radius 1 is 1.37 bits per heavy atom. The SMILES string of the molecule is CN(CCO)c1ncc(C(=O)Nc2ccc(OC(F)(F)F)cc2)cc1/C(N)=C/C=N. The van der Waals surface area contributed by atoms with Crippen LogP contribution in [-0.4, -0.2) is 48.8 Å². The van der Waals surface area contributed by atoms with Crippen LogP contribution in [-0.2, 0) is 0 Å². The molecule has 2 aromatic rings. The fraction of sp³-hybridized carbons (Fsp3) is 0.211. The van der Waals surface area contributed by atoms with Gasteiger partial charge in [-0.1, -0.05) is 0 Å². The molecule has 1 aromatic heterocycles. The van der Waals surface area contributed by atoms with E-state index in [1.54, 1.807) is 11.9 Å². The molecule has 1 heterocycles. The zero-order valence-electron chi connectivity index (χ0n) is 15.9. The van der Waals surface area contributed by atoms with Crippen molar-refractivity contribution in [2.45, 2.75) is 6.36 Å². The highest BCUT2D eigenvalue weighted by Gasteiger charge is 2.31. The van der Waals surface area contributed by atoms with Gasteiger partial charge < -0.3 is 31.2 Å². The summed E-state index contributed by atoms with van der Waals surface area (Å²) in [4.78, 5) is 18.4. The molecule has 1 aromatic carbocycles. The predicted molar refractivity (Wildman–Crippen MR) is 107 cm³/mol. The monoisotopic (exact) mass is 423 g/mol. The summed E-state index contributed by atoms with van der Waals surface area (Å²) in [5.74, 6) is -0.567. The van der Waals surface area contributed by atoms with Crippen molar-refractivity contribution in [1.82, 2.24) is 4.98 Å². The van der Waals surface area contributed by atoms with Gasteiger partial charge in [0.2, 0.25) is 0 Å². The lowest BCUT2D eigenvalue weighted by molar-refractivity contribution is -0.274. The third-order valence-corrected chi connectivity index (χ3v) is 3.85. The Morgan fingerprint density at radius 2 is 2.03 bits per heavy atom. The number of pyridine rings is 1. The maximum atomic E-state index is 12.5. The molecule has 0 saturated heterocycles. The Hall–Kier alpha value is -3.60. The van der Waals surface area contributed by atoms with Crippen molar-refractivity contribution in [3.63, 3.8) is 0 Å². The summed E-state index contributed by atoms with van der Waals surface area (Å²) in [5, 5.41) is 18.9.